The van der Waals surface area contributed by atoms with Gasteiger partial charge in [0.15, 0.2) is 5.11 Å². The Labute approximate surface area is 98.6 Å². The zero-order valence-corrected chi connectivity index (χ0v) is 11.1. The van der Waals surface area contributed by atoms with E-state index in [-0.39, 0.29) is 0 Å². The lowest BCUT2D eigenvalue weighted by Crippen LogP contribution is -2.40. The summed E-state index contributed by atoms with van der Waals surface area (Å²) in [5, 5.41) is 4.01. The molecule has 1 N–H and O–H groups in total. The normalized spacial score (nSPS) is 10.5. The third-order valence-electron chi connectivity index (χ3n) is 2.03. The summed E-state index contributed by atoms with van der Waals surface area (Å²) >= 11 is 5.23. The number of likely N-dealkylation sites (N-methyl/N-ethyl adjacent to an activating group) is 2. The minimum atomic E-state index is 0.775. The molecule has 0 atom stereocenters. The summed E-state index contributed by atoms with van der Waals surface area (Å²) < 4.78 is 4.96. The van der Waals surface area contributed by atoms with Gasteiger partial charge in [0, 0.05) is 40.4 Å². The number of hydrogen-bond acceptors (Lipinski definition) is 3. The minimum Gasteiger partial charge on any atom is -0.385 e. The van der Waals surface area contributed by atoms with Crippen molar-refractivity contribution in [3.8, 4) is 0 Å². The van der Waals surface area contributed by atoms with E-state index in [9.17, 15) is 0 Å². The fourth-order valence-corrected chi connectivity index (χ4v) is 1.19. The lowest BCUT2D eigenvalue weighted by Gasteiger charge is -2.22. The van der Waals surface area contributed by atoms with Gasteiger partial charge in [0.2, 0.25) is 0 Å². The van der Waals surface area contributed by atoms with Gasteiger partial charge in [-0.15, -0.1) is 0 Å². The van der Waals surface area contributed by atoms with Crippen molar-refractivity contribution < 1.29 is 4.74 Å². The van der Waals surface area contributed by atoms with Crippen LogP contribution in [0.3, 0.4) is 0 Å². The van der Waals surface area contributed by atoms with E-state index >= 15 is 0 Å². The standard InChI is InChI=1S/C10H23N3OS/c1-12(2)7-8-13(3)10(15)11-6-5-9-14-4/h5-9H2,1-4H3,(H,11,15). The Morgan fingerprint density at radius 3 is 2.47 bits per heavy atom. The molecule has 90 valence electrons. The lowest BCUT2D eigenvalue weighted by molar-refractivity contribution is 0.195. The maximum Gasteiger partial charge on any atom is 0.168 e. The van der Waals surface area contributed by atoms with Crippen LogP contribution in [-0.4, -0.2) is 69.4 Å². The number of rotatable bonds is 7. The van der Waals surface area contributed by atoms with Crippen LogP contribution in [-0.2, 0) is 4.74 Å². The first-order valence-electron chi connectivity index (χ1n) is 5.20. The fraction of sp³-hybridized carbons (Fsp3) is 0.900. The van der Waals surface area contributed by atoms with Crippen molar-refractivity contribution in [2.24, 2.45) is 0 Å². The van der Waals surface area contributed by atoms with Crippen molar-refractivity contribution in [3.63, 3.8) is 0 Å². The van der Waals surface area contributed by atoms with Gasteiger partial charge in [-0.1, -0.05) is 0 Å². The smallest absolute Gasteiger partial charge is 0.168 e. The predicted molar refractivity (Wildman–Crippen MR) is 68.3 cm³/mol. The van der Waals surface area contributed by atoms with Crippen LogP contribution in [0.1, 0.15) is 6.42 Å². The molecular weight excluding hydrogens is 210 g/mol. The molecule has 5 heteroatoms. The molecule has 0 aliphatic heterocycles. The molecule has 0 fully saturated rings. The number of hydrogen-bond donors (Lipinski definition) is 1. The van der Waals surface area contributed by atoms with Crippen molar-refractivity contribution in [1.82, 2.24) is 15.1 Å². The van der Waals surface area contributed by atoms with Gasteiger partial charge in [0.25, 0.3) is 0 Å². The lowest BCUT2D eigenvalue weighted by atomic mass is 10.4. The van der Waals surface area contributed by atoms with E-state index in [1.807, 2.05) is 7.05 Å². The molecule has 0 spiro atoms. The predicted octanol–water partition coefficient (Wildman–Crippen LogP) is 0.391. The molecule has 4 nitrogen and oxygen atoms in total. The monoisotopic (exact) mass is 233 g/mol. The molecule has 0 saturated heterocycles. The highest BCUT2D eigenvalue weighted by molar-refractivity contribution is 7.80. The van der Waals surface area contributed by atoms with E-state index in [4.69, 9.17) is 17.0 Å². The maximum atomic E-state index is 5.23. The summed E-state index contributed by atoms with van der Waals surface area (Å²) in [5.41, 5.74) is 0. The molecule has 0 aromatic carbocycles. The quantitative estimate of drug-likeness (QED) is 0.507. The van der Waals surface area contributed by atoms with Crippen LogP contribution < -0.4 is 5.32 Å². The molecule has 0 bridgehead atoms. The van der Waals surface area contributed by atoms with Crippen molar-refractivity contribution >= 4 is 17.3 Å². The van der Waals surface area contributed by atoms with Crippen molar-refractivity contribution in [2.75, 3.05) is 54.5 Å². The molecule has 0 saturated carbocycles. The highest BCUT2D eigenvalue weighted by Gasteiger charge is 2.03. The molecule has 0 rings (SSSR count). The van der Waals surface area contributed by atoms with Crippen LogP contribution in [0.25, 0.3) is 0 Å². The summed E-state index contributed by atoms with van der Waals surface area (Å²) in [6, 6.07) is 0. The van der Waals surface area contributed by atoms with Gasteiger partial charge >= 0.3 is 0 Å². The minimum absolute atomic E-state index is 0.775. The average Bonchev–Trinajstić information content (AvgIpc) is 2.20. The number of nitrogens with one attached hydrogen (secondary N) is 1. The van der Waals surface area contributed by atoms with Crippen LogP contribution in [0.2, 0.25) is 0 Å². The van der Waals surface area contributed by atoms with Crippen LogP contribution in [0.4, 0.5) is 0 Å². The van der Waals surface area contributed by atoms with Crippen LogP contribution in [0, 0.1) is 0 Å². The molecule has 0 aliphatic carbocycles. The Hall–Kier alpha value is -0.390. The van der Waals surface area contributed by atoms with Crippen LogP contribution in [0.5, 0.6) is 0 Å². The van der Waals surface area contributed by atoms with Gasteiger partial charge < -0.3 is 19.9 Å². The molecular formula is C10H23N3OS. The Bertz CT molecular complexity index is 176. The molecule has 0 heterocycles. The zero-order valence-electron chi connectivity index (χ0n) is 10.2. The largest absolute Gasteiger partial charge is 0.385 e. The van der Waals surface area contributed by atoms with E-state index in [0.29, 0.717) is 0 Å². The third-order valence-corrected chi connectivity index (χ3v) is 2.49. The van der Waals surface area contributed by atoms with E-state index in [1.165, 1.54) is 0 Å². The van der Waals surface area contributed by atoms with Crippen molar-refractivity contribution in [1.29, 1.82) is 0 Å². The topological polar surface area (TPSA) is 27.7 Å². The number of thiocarbonyl (C=S) groups is 1. The van der Waals surface area contributed by atoms with Crippen molar-refractivity contribution in [2.45, 2.75) is 6.42 Å². The second-order valence-electron chi connectivity index (χ2n) is 3.80. The highest BCUT2D eigenvalue weighted by atomic mass is 32.1. The molecule has 0 radical (unpaired) electrons. The molecule has 0 amide bonds. The van der Waals surface area contributed by atoms with E-state index in [0.717, 1.165) is 37.8 Å². The van der Waals surface area contributed by atoms with Gasteiger partial charge in [0.1, 0.15) is 0 Å². The first-order valence-corrected chi connectivity index (χ1v) is 5.61. The summed E-state index contributed by atoms with van der Waals surface area (Å²) in [6.07, 6.45) is 0.984. The van der Waals surface area contributed by atoms with Gasteiger partial charge in [-0.25, -0.2) is 0 Å². The van der Waals surface area contributed by atoms with Crippen molar-refractivity contribution in [3.05, 3.63) is 0 Å². The Balaban J connectivity index is 3.51. The summed E-state index contributed by atoms with van der Waals surface area (Å²) in [4.78, 5) is 4.20. The van der Waals surface area contributed by atoms with Crippen LogP contribution >= 0.6 is 12.2 Å². The first-order chi connectivity index (χ1) is 7.07. The zero-order chi connectivity index (χ0) is 11.7. The fourth-order valence-electron chi connectivity index (χ4n) is 0.998. The van der Waals surface area contributed by atoms with Crippen LogP contribution in [0.15, 0.2) is 0 Å². The van der Waals surface area contributed by atoms with Gasteiger partial charge in [-0.3, -0.25) is 0 Å². The molecule has 0 aromatic rings. The molecule has 0 aliphatic rings. The Morgan fingerprint density at radius 2 is 1.93 bits per heavy atom. The molecule has 15 heavy (non-hydrogen) atoms. The summed E-state index contributed by atoms with van der Waals surface area (Å²) in [5.74, 6) is 0. The Kier molecular flexibility index (Phi) is 8.65. The first kappa shape index (κ1) is 14.6. The van der Waals surface area contributed by atoms with E-state index in [2.05, 4.69) is 29.2 Å². The van der Waals surface area contributed by atoms with Gasteiger partial charge in [-0.05, 0) is 32.7 Å². The number of nitrogens with zero attached hydrogens (tertiary/aromatic N) is 2. The maximum absolute atomic E-state index is 5.23. The second kappa shape index (κ2) is 8.88. The number of methoxy groups -OCH3 is 1. The van der Waals surface area contributed by atoms with E-state index < -0.39 is 0 Å². The Morgan fingerprint density at radius 1 is 1.27 bits per heavy atom. The molecule has 0 unspecified atom stereocenters. The summed E-state index contributed by atoms with van der Waals surface area (Å²) in [6.45, 7) is 3.61. The number of ether oxygens (including phenoxy) is 1. The van der Waals surface area contributed by atoms with Gasteiger partial charge in [0.05, 0.1) is 0 Å². The second-order valence-corrected chi connectivity index (χ2v) is 4.19. The summed E-state index contributed by atoms with van der Waals surface area (Å²) in [7, 11) is 7.84. The molecule has 0 aromatic heterocycles. The average molecular weight is 233 g/mol. The van der Waals surface area contributed by atoms with Gasteiger partial charge in [-0.2, -0.15) is 0 Å². The van der Waals surface area contributed by atoms with E-state index in [1.54, 1.807) is 7.11 Å². The highest BCUT2D eigenvalue weighted by Crippen LogP contribution is 1.87. The SMILES string of the molecule is COCCCNC(=S)N(C)CCN(C)C. The third kappa shape index (κ3) is 8.59.